The van der Waals surface area contributed by atoms with Crippen molar-refractivity contribution in [1.29, 1.82) is 0 Å². The minimum absolute atomic E-state index is 0.192. The molecule has 0 aliphatic carbocycles. The van der Waals surface area contributed by atoms with E-state index in [-0.39, 0.29) is 24.7 Å². The first-order valence-corrected chi connectivity index (χ1v) is 14.0. The summed E-state index contributed by atoms with van der Waals surface area (Å²) in [5.41, 5.74) is -1.07. The van der Waals surface area contributed by atoms with Gasteiger partial charge in [-0.05, 0) is 67.9 Å². The second-order valence-electron chi connectivity index (χ2n) is 7.40. The van der Waals surface area contributed by atoms with Crippen molar-refractivity contribution < 1.29 is 53.2 Å². The summed E-state index contributed by atoms with van der Waals surface area (Å²) in [6.07, 6.45) is -4.50. The fourth-order valence-corrected chi connectivity index (χ4v) is 3.11. The smallest absolute Gasteiger partial charge is 0.437 e. The number of aliphatic hydroxyl groups is 1. The Morgan fingerprint density at radius 2 is 1.29 bits per heavy atom. The average molecular weight is 583 g/mol. The Labute approximate surface area is 217 Å². The van der Waals surface area contributed by atoms with E-state index >= 15 is 0 Å². The molecule has 0 radical (unpaired) electrons. The number of halogens is 3. The van der Waals surface area contributed by atoms with Crippen molar-refractivity contribution in [1.82, 2.24) is 0 Å². The molecule has 0 unspecified atom stereocenters. The first-order valence-electron chi connectivity index (χ1n) is 10.9. The van der Waals surface area contributed by atoms with E-state index in [0.29, 0.717) is 17.7 Å². The van der Waals surface area contributed by atoms with Crippen molar-refractivity contribution in [3.05, 3.63) is 59.7 Å². The number of ether oxygens (including phenoxy) is 2. The molecule has 16 heteroatoms. The molecular weight excluding hydrogens is 557 g/mol. The number of aliphatic hydroxyl groups excluding tert-OH is 1. The van der Waals surface area contributed by atoms with Gasteiger partial charge in [-0.3, -0.25) is 8.57 Å². The van der Waals surface area contributed by atoms with Crippen LogP contribution in [0.5, 0.6) is 11.5 Å². The highest BCUT2D eigenvalue weighted by atomic mass is 32.2. The van der Waals surface area contributed by atoms with Gasteiger partial charge >= 0.3 is 26.4 Å². The van der Waals surface area contributed by atoms with Crippen molar-refractivity contribution in [2.75, 3.05) is 24.9 Å². The van der Waals surface area contributed by atoms with Gasteiger partial charge in [0.25, 0.3) is 0 Å². The molecule has 0 saturated heterocycles. The zero-order chi connectivity index (χ0) is 28.4. The molecule has 0 aliphatic heterocycles. The van der Waals surface area contributed by atoms with Crippen molar-refractivity contribution in [3.8, 4) is 11.5 Å². The molecule has 0 aliphatic rings. The summed E-state index contributed by atoms with van der Waals surface area (Å²) in [5, 5.41) is 14.9. The molecule has 0 amide bonds. The lowest BCUT2D eigenvalue weighted by Crippen LogP contribution is -2.25. The Morgan fingerprint density at radius 3 is 1.74 bits per heavy atom. The van der Waals surface area contributed by atoms with Gasteiger partial charge in [0, 0.05) is 12.0 Å². The van der Waals surface area contributed by atoms with Gasteiger partial charge in [0.05, 0.1) is 24.7 Å². The van der Waals surface area contributed by atoms with Gasteiger partial charge in [-0.2, -0.15) is 30.0 Å². The van der Waals surface area contributed by atoms with Crippen LogP contribution in [0.4, 0.5) is 13.2 Å². The SMILES string of the molecule is CCS(=O)(=O)ON=C(c1ccc(OCCCOc2ccc(C(C)=NOS(=O)(=O)CO)cc2)cc1)C(F)(F)F. The zero-order valence-electron chi connectivity index (χ0n) is 20.2. The van der Waals surface area contributed by atoms with E-state index < -0.39 is 49.4 Å². The molecule has 2 aromatic carbocycles. The van der Waals surface area contributed by atoms with Crippen molar-refractivity contribution in [3.63, 3.8) is 0 Å². The second kappa shape index (κ2) is 13.4. The fraction of sp³-hybridized carbons (Fsp3) is 0.364. The van der Waals surface area contributed by atoms with Crippen LogP contribution in [0.2, 0.25) is 0 Å². The minimum atomic E-state index is -4.94. The molecule has 0 fully saturated rings. The van der Waals surface area contributed by atoms with Crippen LogP contribution in [0.3, 0.4) is 0 Å². The van der Waals surface area contributed by atoms with Crippen LogP contribution in [-0.4, -0.2) is 64.4 Å². The molecule has 1 N–H and O–H groups in total. The number of alkyl halides is 3. The predicted octanol–water partition coefficient (Wildman–Crippen LogP) is 3.19. The van der Waals surface area contributed by atoms with E-state index in [1.807, 2.05) is 0 Å². The normalized spacial score (nSPS) is 13.2. The highest BCUT2D eigenvalue weighted by Gasteiger charge is 2.38. The zero-order valence-corrected chi connectivity index (χ0v) is 21.8. The van der Waals surface area contributed by atoms with Crippen LogP contribution in [0, 0.1) is 0 Å². The van der Waals surface area contributed by atoms with E-state index in [0.717, 1.165) is 12.1 Å². The van der Waals surface area contributed by atoms with Gasteiger partial charge in [0.2, 0.25) is 0 Å². The van der Waals surface area contributed by atoms with E-state index in [2.05, 4.69) is 18.9 Å². The van der Waals surface area contributed by atoms with Crippen LogP contribution in [0.1, 0.15) is 31.4 Å². The Bertz CT molecular complexity index is 1330. The van der Waals surface area contributed by atoms with Gasteiger partial charge in [-0.1, -0.05) is 10.3 Å². The molecular formula is C22H25F3N2O9S2. The Morgan fingerprint density at radius 1 is 0.816 bits per heavy atom. The summed E-state index contributed by atoms with van der Waals surface area (Å²) in [6.45, 7) is 3.18. The summed E-state index contributed by atoms with van der Waals surface area (Å²) in [7, 11) is -8.34. The molecule has 0 spiro atoms. The Hall–Kier alpha value is -3.37. The predicted molar refractivity (Wildman–Crippen MR) is 131 cm³/mol. The maximum absolute atomic E-state index is 13.3. The Balaban J connectivity index is 1.85. The largest absolute Gasteiger partial charge is 0.493 e. The van der Waals surface area contributed by atoms with Crippen LogP contribution < -0.4 is 9.47 Å². The summed E-state index contributed by atoms with van der Waals surface area (Å²) in [4.78, 5) is 0. The number of rotatable bonds is 14. The van der Waals surface area contributed by atoms with Gasteiger partial charge in [-0.15, -0.1) is 0 Å². The van der Waals surface area contributed by atoms with Crippen molar-refractivity contribution >= 4 is 31.7 Å². The lowest BCUT2D eigenvalue weighted by atomic mass is 10.1. The molecule has 0 atom stereocenters. The Kier molecular flexibility index (Phi) is 10.9. The number of nitrogens with zero attached hydrogens (tertiary/aromatic N) is 2. The maximum Gasteiger partial charge on any atom is 0.437 e. The molecule has 2 rings (SSSR count). The molecule has 0 saturated carbocycles. The monoisotopic (exact) mass is 582 g/mol. The van der Waals surface area contributed by atoms with Crippen LogP contribution in [0.15, 0.2) is 58.8 Å². The van der Waals surface area contributed by atoms with E-state index in [9.17, 15) is 30.0 Å². The van der Waals surface area contributed by atoms with E-state index in [1.165, 1.54) is 26.0 Å². The lowest BCUT2D eigenvalue weighted by Gasteiger charge is -2.12. The third-order valence-corrected chi connectivity index (χ3v) is 6.16. The first-order chi connectivity index (χ1) is 17.8. The standard InChI is InChI=1S/C22H25F3N2O9S2/c1-3-37(29,30)36-27-21(22(23,24)25)18-7-11-20(12-8-18)34-14-4-13-33-19-9-5-17(6-10-19)16(2)26-35-38(31,32)15-28/h5-12,28H,3-4,13-15H2,1-2H3. The van der Waals surface area contributed by atoms with E-state index in [4.69, 9.17) is 14.6 Å². The topological polar surface area (TPSA) is 150 Å². The quantitative estimate of drug-likeness (QED) is 0.201. The summed E-state index contributed by atoms with van der Waals surface area (Å²) in [5.74, 6) is -0.932. The number of hydrogen-bond donors (Lipinski definition) is 1. The highest BCUT2D eigenvalue weighted by Crippen LogP contribution is 2.25. The molecule has 0 heterocycles. The summed E-state index contributed by atoms with van der Waals surface area (Å²) >= 11 is 0. The van der Waals surface area contributed by atoms with Gasteiger partial charge in [-0.25, -0.2) is 0 Å². The highest BCUT2D eigenvalue weighted by molar-refractivity contribution is 7.86. The molecule has 2 aromatic rings. The average Bonchev–Trinajstić information content (AvgIpc) is 2.87. The van der Waals surface area contributed by atoms with Gasteiger partial charge in [0.1, 0.15) is 11.5 Å². The van der Waals surface area contributed by atoms with E-state index in [1.54, 1.807) is 24.3 Å². The van der Waals surface area contributed by atoms with Gasteiger partial charge < -0.3 is 14.6 Å². The molecule has 0 bridgehead atoms. The first kappa shape index (κ1) is 30.9. The fourth-order valence-electron chi connectivity index (χ4n) is 2.54. The lowest BCUT2D eigenvalue weighted by molar-refractivity contribution is -0.0597. The third-order valence-electron chi connectivity index (χ3n) is 4.54. The minimum Gasteiger partial charge on any atom is -0.493 e. The van der Waals surface area contributed by atoms with Crippen molar-refractivity contribution in [2.24, 2.45) is 10.3 Å². The van der Waals surface area contributed by atoms with Crippen LogP contribution in [-0.2, 0) is 28.8 Å². The maximum atomic E-state index is 13.3. The molecule has 210 valence electrons. The molecule has 0 aromatic heterocycles. The summed E-state index contributed by atoms with van der Waals surface area (Å²) < 4.78 is 104. The van der Waals surface area contributed by atoms with Crippen molar-refractivity contribution in [2.45, 2.75) is 26.4 Å². The molecule has 11 nitrogen and oxygen atoms in total. The second-order valence-corrected chi connectivity index (χ2v) is 10.8. The summed E-state index contributed by atoms with van der Waals surface area (Å²) in [6, 6.07) is 11.2. The van der Waals surface area contributed by atoms with Crippen LogP contribution in [0.25, 0.3) is 0 Å². The number of hydrogen-bond acceptors (Lipinski definition) is 11. The number of oxime groups is 2. The van der Waals surface area contributed by atoms with Crippen LogP contribution >= 0.6 is 0 Å². The number of benzene rings is 2. The van der Waals surface area contributed by atoms with Gasteiger partial charge in [0.15, 0.2) is 11.7 Å². The third kappa shape index (κ3) is 10.2. The molecule has 38 heavy (non-hydrogen) atoms.